The smallest absolute Gasteiger partial charge is 0.339 e. The first-order valence-electron chi connectivity index (χ1n) is 8.76. The molecule has 0 aliphatic rings. The van der Waals surface area contributed by atoms with Crippen LogP contribution in [0, 0.1) is 0 Å². The summed E-state index contributed by atoms with van der Waals surface area (Å²) in [6.07, 6.45) is 0. The summed E-state index contributed by atoms with van der Waals surface area (Å²) in [5.41, 5.74) is 2.39. The first-order chi connectivity index (χ1) is 14.5. The normalized spacial score (nSPS) is 10.3. The molecule has 0 unspecified atom stereocenters. The van der Waals surface area contributed by atoms with E-state index < -0.39 is 11.9 Å². The number of anilines is 1. The Morgan fingerprint density at radius 3 is 2.47 bits per heavy atom. The van der Waals surface area contributed by atoms with E-state index >= 15 is 0 Å². The van der Waals surface area contributed by atoms with Crippen LogP contribution in [0.2, 0.25) is 0 Å². The highest BCUT2D eigenvalue weighted by atomic mass is 32.2. The molecule has 1 N–H and O–H groups in total. The fraction of sp³-hybridized carbons (Fsp3) is 0.143. The van der Waals surface area contributed by atoms with Crippen molar-refractivity contribution in [1.82, 2.24) is 4.98 Å². The summed E-state index contributed by atoms with van der Waals surface area (Å²) in [6, 6.07) is 14.0. The fourth-order valence-corrected chi connectivity index (χ4v) is 4.19. The summed E-state index contributed by atoms with van der Waals surface area (Å²) in [7, 11) is 2.49. The van der Waals surface area contributed by atoms with Gasteiger partial charge in [-0.3, -0.25) is 4.79 Å². The van der Waals surface area contributed by atoms with Gasteiger partial charge in [0.05, 0.1) is 42.5 Å². The monoisotopic (exact) mass is 442 g/mol. The lowest BCUT2D eigenvalue weighted by Crippen LogP contribution is -2.18. The summed E-state index contributed by atoms with van der Waals surface area (Å²) in [5, 5.41) is 4.60. The molecular formula is C21H18N2O5S2. The predicted molar refractivity (Wildman–Crippen MR) is 116 cm³/mol. The lowest BCUT2D eigenvalue weighted by atomic mass is 10.1. The number of carbonyl (C=O) groups is 3. The third kappa shape index (κ3) is 5.25. The quantitative estimate of drug-likeness (QED) is 0.434. The first kappa shape index (κ1) is 21.5. The Labute approximate surface area is 181 Å². The van der Waals surface area contributed by atoms with Crippen molar-refractivity contribution < 1.29 is 23.9 Å². The average Bonchev–Trinajstić information content (AvgIpc) is 3.26. The molecule has 0 saturated heterocycles. The third-order valence-electron chi connectivity index (χ3n) is 4.00. The molecule has 3 rings (SSSR count). The molecule has 0 atom stereocenters. The van der Waals surface area contributed by atoms with E-state index in [1.165, 1.54) is 55.5 Å². The molecule has 0 radical (unpaired) electrons. The van der Waals surface area contributed by atoms with Crippen molar-refractivity contribution in [2.45, 2.75) is 4.34 Å². The van der Waals surface area contributed by atoms with Gasteiger partial charge >= 0.3 is 11.9 Å². The minimum absolute atomic E-state index is 0.0881. The maximum atomic E-state index is 12.5. The number of ether oxygens (including phenoxy) is 2. The van der Waals surface area contributed by atoms with Crippen LogP contribution < -0.4 is 5.32 Å². The summed E-state index contributed by atoms with van der Waals surface area (Å²) in [6.45, 7) is 0. The zero-order valence-corrected chi connectivity index (χ0v) is 17.8. The maximum Gasteiger partial charge on any atom is 0.339 e. The molecule has 0 spiro atoms. The Bertz CT molecular complexity index is 1070. The summed E-state index contributed by atoms with van der Waals surface area (Å²) >= 11 is 2.74. The largest absolute Gasteiger partial charge is 0.465 e. The van der Waals surface area contributed by atoms with E-state index in [2.05, 4.69) is 15.0 Å². The molecule has 3 aromatic rings. The van der Waals surface area contributed by atoms with Gasteiger partial charge in [0.15, 0.2) is 4.34 Å². The van der Waals surface area contributed by atoms with Gasteiger partial charge in [-0.2, -0.15) is 0 Å². The van der Waals surface area contributed by atoms with Crippen molar-refractivity contribution in [3.63, 3.8) is 0 Å². The van der Waals surface area contributed by atoms with E-state index in [4.69, 9.17) is 4.74 Å². The molecule has 0 bridgehead atoms. The van der Waals surface area contributed by atoms with E-state index in [9.17, 15) is 14.4 Å². The van der Waals surface area contributed by atoms with Crippen LogP contribution >= 0.6 is 23.1 Å². The Morgan fingerprint density at radius 2 is 1.77 bits per heavy atom. The highest BCUT2D eigenvalue weighted by molar-refractivity contribution is 8.01. The maximum absolute atomic E-state index is 12.5. The van der Waals surface area contributed by atoms with Gasteiger partial charge in [0, 0.05) is 10.9 Å². The van der Waals surface area contributed by atoms with Gasteiger partial charge < -0.3 is 14.8 Å². The van der Waals surface area contributed by atoms with Crippen molar-refractivity contribution in [2.75, 3.05) is 25.3 Å². The van der Waals surface area contributed by atoms with E-state index in [0.717, 1.165) is 15.6 Å². The molecule has 0 aliphatic carbocycles. The molecule has 1 aromatic heterocycles. The average molecular weight is 443 g/mol. The van der Waals surface area contributed by atoms with E-state index in [0.29, 0.717) is 0 Å². The lowest BCUT2D eigenvalue weighted by molar-refractivity contribution is -0.113. The number of hydrogen-bond acceptors (Lipinski definition) is 8. The van der Waals surface area contributed by atoms with Crippen LogP contribution in [0.3, 0.4) is 0 Å². The molecule has 30 heavy (non-hydrogen) atoms. The number of thioether (sulfide) groups is 1. The van der Waals surface area contributed by atoms with Crippen molar-refractivity contribution in [1.29, 1.82) is 0 Å². The van der Waals surface area contributed by atoms with Crippen LogP contribution in [0.25, 0.3) is 11.3 Å². The Kier molecular flexibility index (Phi) is 7.21. The van der Waals surface area contributed by atoms with Gasteiger partial charge in [-0.05, 0) is 18.2 Å². The molecule has 1 heterocycles. The molecule has 9 heteroatoms. The predicted octanol–water partition coefficient (Wildman–Crippen LogP) is 4.11. The Hall–Kier alpha value is -3.17. The number of aromatic nitrogens is 1. The van der Waals surface area contributed by atoms with Crippen LogP contribution in [0.4, 0.5) is 5.69 Å². The molecule has 7 nitrogen and oxygen atoms in total. The topological polar surface area (TPSA) is 94.6 Å². The molecule has 1 amide bonds. The third-order valence-corrected chi connectivity index (χ3v) is 6.02. The van der Waals surface area contributed by atoms with Crippen molar-refractivity contribution >= 4 is 46.6 Å². The van der Waals surface area contributed by atoms with Crippen molar-refractivity contribution in [3.05, 3.63) is 65.0 Å². The van der Waals surface area contributed by atoms with Gasteiger partial charge in [-0.25, -0.2) is 14.6 Å². The SMILES string of the molecule is COC(=O)c1ccc(C(=O)OC)c(NC(=O)CSc2nc(-c3ccccc3)cs2)c1. The van der Waals surface area contributed by atoms with Gasteiger partial charge in [0.1, 0.15) is 0 Å². The van der Waals surface area contributed by atoms with Gasteiger partial charge in [-0.1, -0.05) is 42.1 Å². The van der Waals surface area contributed by atoms with E-state index in [1.54, 1.807) is 0 Å². The van der Waals surface area contributed by atoms with Crippen LogP contribution in [-0.2, 0) is 14.3 Å². The number of rotatable bonds is 7. The summed E-state index contributed by atoms with van der Waals surface area (Å²) < 4.78 is 10.2. The Morgan fingerprint density at radius 1 is 1.03 bits per heavy atom. The number of benzene rings is 2. The number of nitrogens with zero attached hydrogens (tertiary/aromatic N) is 1. The van der Waals surface area contributed by atoms with Crippen LogP contribution in [0.1, 0.15) is 20.7 Å². The number of hydrogen-bond donors (Lipinski definition) is 1. The lowest BCUT2D eigenvalue weighted by Gasteiger charge is -2.11. The van der Waals surface area contributed by atoms with Crippen LogP contribution in [0.15, 0.2) is 58.3 Å². The van der Waals surface area contributed by atoms with Crippen LogP contribution in [0.5, 0.6) is 0 Å². The molecule has 0 fully saturated rings. The minimum atomic E-state index is -0.623. The molecule has 0 aliphatic heterocycles. The standard InChI is InChI=1S/C21H18N2O5S2/c1-27-19(25)14-8-9-15(20(26)28-2)16(10-14)22-18(24)12-30-21-23-17(11-29-21)13-6-4-3-5-7-13/h3-11H,12H2,1-2H3,(H,22,24). The molecule has 154 valence electrons. The molecule has 2 aromatic carbocycles. The highest BCUT2D eigenvalue weighted by Crippen LogP contribution is 2.28. The number of methoxy groups -OCH3 is 2. The second-order valence-corrected chi connectivity index (χ2v) is 8.03. The van der Waals surface area contributed by atoms with Crippen molar-refractivity contribution in [3.8, 4) is 11.3 Å². The summed E-state index contributed by atoms with van der Waals surface area (Å²) in [4.78, 5) is 40.7. The minimum Gasteiger partial charge on any atom is -0.465 e. The summed E-state index contributed by atoms with van der Waals surface area (Å²) in [5.74, 6) is -1.46. The number of thiazole rings is 1. The Balaban J connectivity index is 1.69. The van der Waals surface area contributed by atoms with Gasteiger partial charge in [0.2, 0.25) is 5.91 Å². The van der Waals surface area contributed by atoms with E-state index in [-0.39, 0.29) is 28.5 Å². The number of carbonyl (C=O) groups excluding carboxylic acids is 3. The van der Waals surface area contributed by atoms with Crippen molar-refractivity contribution in [2.24, 2.45) is 0 Å². The number of amides is 1. The number of esters is 2. The zero-order chi connectivity index (χ0) is 21.5. The first-order valence-corrected chi connectivity index (χ1v) is 10.6. The second-order valence-electron chi connectivity index (χ2n) is 5.95. The zero-order valence-electron chi connectivity index (χ0n) is 16.2. The molecule has 0 saturated carbocycles. The van der Waals surface area contributed by atoms with Crippen LogP contribution in [-0.4, -0.2) is 42.8 Å². The molecular weight excluding hydrogens is 424 g/mol. The highest BCUT2D eigenvalue weighted by Gasteiger charge is 2.18. The number of nitrogens with one attached hydrogen (secondary N) is 1. The van der Waals surface area contributed by atoms with E-state index in [1.807, 2.05) is 35.7 Å². The second kappa shape index (κ2) is 10.0. The van der Waals surface area contributed by atoms with Gasteiger partial charge in [0.25, 0.3) is 0 Å². The fourth-order valence-electron chi connectivity index (χ4n) is 2.56. The van der Waals surface area contributed by atoms with Gasteiger partial charge in [-0.15, -0.1) is 11.3 Å².